The van der Waals surface area contributed by atoms with Gasteiger partial charge in [0.2, 0.25) is 0 Å². The van der Waals surface area contributed by atoms with Gasteiger partial charge in [0.1, 0.15) is 5.69 Å². The first-order chi connectivity index (χ1) is 10.2. The summed E-state index contributed by atoms with van der Waals surface area (Å²) in [6.45, 7) is 2.82. The minimum absolute atomic E-state index is 0.0972. The molecule has 21 heavy (non-hydrogen) atoms. The highest BCUT2D eigenvalue weighted by Crippen LogP contribution is 2.26. The molecule has 1 aromatic heterocycles. The number of anilines is 1. The number of H-pyrrole nitrogens is 1. The summed E-state index contributed by atoms with van der Waals surface area (Å²) < 4.78 is 0. The lowest BCUT2D eigenvalue weighted by Crippen LogP contribution is -2.41. The zero-order valence-corrected chi connectivity index (χ0v) is 12.6. The Hall–Kier alpha value is -1.97. The van der Waals surface area contributed by atoms with Gasteiger partial charge in [0.15, 0.2) is 0 Å². The molecule has 1 heterocycles. The molecule has 0 unspecified atom stereocenters. The van der Waals surface area contributed by atoms with Crippen LogP contribution in [-0.4, -0.2) is 28.4 Å². The number of nitrogens with zero attached hydrogens (tertiary/aromatic N) is 1. The molecular formula is C17H23N3O. The predicted molar refractivity (Wildman–Crippen MR) is 86.3 cm³/mol. The van der Waals surface area contributed by atoms with E-state index in [-0.39, 0.29) is 5.91 Å². The Bertz CT molecular complexity index is 641. The molecule has 0 aliphatic heterocycles. The number of carbonyl (C=O) groups is 1. The van der Waals surface area contributed by atoms with E-state index in [0.29, 0.717) is 17.4 Å². The fourth-order valence-corrected chi connectivity index (χ4v) is 3.41. The van der Waals surface area contributed by atoms with Crippen molar-refractivity contribution in [2.24, 2.45) is 0 Å². The summed E-state index contributed by atoms with van der Waals surface area (Å²) in [4.78, 5) is 18.0. The zero-order chi connectivity index (χ0) is 14.8. The number of carbonyl (C=O) groups excluding carboxylic acids is 1. The molecule has 4 nitrogen and oxygen atoms in total. The molecule has 0 radical (unpaired) electrons. The number of hydrogen-bond acceptors (Lipinski definition) is 2. The molecule has 4 heteroatoms. The maximum absolute atomic E-state index is 12.8. The topological polar surface area (TPSA) is 62.1 Å². The first-order valence-corrected chi connectivity index (χ1v) is 7.89. The van der Waals surface area contributed by atoms with Crippen molar-refractivity contribution in [3.8, 4) is 0 Å². The van der Waals surface area contributed by atoms with Crippen LogP contribution in [0.3, 0.4) is 0 Å². The van der Waals surface area contributed by atoms with Crippen LogP contribution in [0.25, 0.3) is 10.9 Å². The standard InChI is InChI=1S/C17H23N3O/c1-2-20(13-8-4-3-5-9-13)17(21)15-11-12-7-6-10-14(18)16(12)19-15/h6-7,10-11,13,19H,2-5,8-9,18H2,1H3. The van der Waals surface area contributed by atoms with Gasteiger partial charge in [-0.2, -0.15) is 0 Å². The average molecular weight is 285 g/mol. The van der Waals surface area contributed by atoms with E-state index in [2.05, 4.69) is 11.9 Å². The average Bonchev–Trinajstić information content (AvgIpc) is 2.95. The Labute approximate surface area is 125 Å². The lowest BCUT2D eigenvalue weighted by atomic mass is 9.94. The van der Waals surface area contributed by atoms with Crippen molar-refractivity contribution in [1.29, 1.82) is 0 Å². The van der Waals surface area contributed by atoms with Gasteiger partial charge in [0, 0.05) is 18.0 Å². The van der Waals surface area contributed by atoms with Crippen molar-refractivity contribution in [1.82, 2.24) is 9.88 Å². The van der Waals surface area contributed by atoms with Gasteiger partial charge in [-0.25, -0.2) is 0 Å². The molecule has 3 N–H and O–H groups in total. The number of amides is 1. The zero-order valence-electron chi connectivity index (χ0n) is 12.6. The van der Waals surface area contributed by atoms with Gasteiger partial charge < -0.3 is 15.6 Å². The van der Waals surface area contributed by atoms with Crippen molar-refractivity contribution < 1.29 is 4.79 Å². The van der Waals surface area contributed by atoms with E-state index < -0.39 is 0 Å². The summed E-state index contributed by atoms with van der Waals surface area (Å²) in [5.41, 5.74) is 8.16. The van der Waals surface area contributed by atoms with E-state index in [1.165, 1.54) is 19.3 Å². The fourth-order valence-electron chi connectivity index (χ4n) is 3.41. The second-order valence-corrected chi connectivity index (χ2v) is 5.88. The molecule has 1 saturated carbocycles. The molecule has 0 atom stereocenters. The Balaban J connectivity index is 1.89. The Morgan fingerprint density at radius 1 is 1.33 bits per heavy atom. The van der Waals surface area contributed by atoms with Gasteiger partial charge in [0.25, 0.3) is 5.91 Å². The molecule has 1 aliphatic carbocycles. The van der Waals surface area contributed by atoms with Crippen molar-refractivity contribution in [3.05, 3.63) is 30.0 Å². The normalized spacial score (nSPS) is 16.2. The third-order valence-electron chi connectivity index (χ3n) is 4.54. The minimum atomic E-state index is 0.0972. The number of fused-ring (bicyclic) bond motifs is 1. The van der Waals surface area contributed by atoms with Gasteiger partial charge in [-0.3, -0.25) is 4.79 Å². The fraction of sp³-hybridized carbons (Fsp3) is 0.471. The second kappa shape index (κ2) is 5.80. The molecule has 0 spiro atoms. The second-order valence-electron chi connectivity index (χ2n) is 5.88. The van der Waals surface area contributed by atoms with Crippen LogP contribution in [0, 0.1) is 0 Å². The SMILES string of the molecule is CCN(C(=O)c1cc2cccc(N)c2[nH]1)C1CCCCC1. The third-order valence-corrected chi connectivity index (χ3v) is 4.54. The number of aromatic nitrogens is 1. The van der Waals surface area contributed by atoms with Crippen LogP contribution in [0.1, 0.15) is 49.5 Å². The highest BCUT2D eigenvalue weighted by Gasteiger charge is 2.26. The van der Waals surface area contributed by atoms with Gasteiger partial charge >= 0.3 is 0 Å². The molecular weight excluding hydrogens is 262 g/mol. The Kier molecular flexibility index (Phi) is 3.86. The lowest BCUT2D eigenvalue weighted by molar-refractivity contribution is 0.0643. The van der Waals surface area contributed by atoms with E-state index in [1.807, 2.05) is 29.2 Å². The molecule has 1 fully saturated rings. The minimum Gasteiger partial charge on any atom is -0.397 e. The third kappa shape index (κ3) is 2.62. The van der Waals surface area contributed by atoms with E-state index in [1.54, 1.807) is 0 Å². The smallest absolute Gasteiger partial charge is 0.270 e. The quantitative estimate of drug-likeness (QED) is 0.847. The van der Waals surface area contributed by atoms with Gasteiger partial charge in [-0.05, 0) is 31.9 Å². The van der Waals surface area contributed by atoms with Crippen molar-refractivity contribution in [2.45, 2.75) is 45.1 Å². The Morgan fingerprint density at radius 3 is 2.76 bits per heavy atom. The summed E-state index contributed by atoms with van der Waals surface area (Å²) in [7, 11) is 0. The van der Waals surface area contributed by atoms with Crippen LogP contribution < -0.4 is 5.73 Å². The maximum Gasteiger partial charge on any atom is 0.270 e. The predicted octanol–water partition coefficient (Wildman–Crippen LogP) is 3.54. The first-order valence-electron chi connectivity index (χ1n) is 7.89. The van der Waals surface area contributed by atoms with E-state index in [4.69, 9.17) is 5.73 Å². The van der Waals surface area contributed by atoms with Gasteiger partial charge in [0.05, 0.1) is 11.2 Å². The number of benzene rings is 1. The summed E-state index contributed by atoms with van der Waals surface area (Å²) >= 11 is 0. The molecule has 112 valence electrons. The number of hydrogen-bond donors (Lipinski definition) is 2. The van der Waals surface area contributed by atoms with Crippen LogP contribution in [-0.2, 0) is 0 Å². The molecule has 1 amide bonds. The number of nitrogens with one attached hydrogen (secondary N) is 1. The van der Waals surface area contributed by atoms with Crippen LogP contribution in [0.5, 0.6) is 0 Å². The number of rotatable bonds is 3. The molecule has 0 saturated heterocycles. The molecule has 2 aromatic rings. The summed E-state index contributed by atoms with van der Waals surface area (Å²) in [5.74, 6) is 0.0972. The van der Waals surface area contributed by atoms with Crippen molar-refractivity contribution >= 4 is 22.5 Å². The largest absolute Gasteiger partial charge is 0.397 e. The summed E-state index contributed by atoms with van der Waals surface area (Å²) in [6, 6.07) is 8.06. The number of para-hydroxylation sites is 1. The summed E-state index contributed by atoms with van der Waals surface area (Å²) in [5, 5.41) is 0.998. The first kappa shape index (κ1) is 14.0. The monoisotopic (exact) mass is 285 g/mol. The van der Waals surface area contributed by atoms with Crippen molar-refractivity contribution in [3.63, 3.8) is 0 Å². The summed E-state index contributed by atoms with van der Waals surface area (Å²) in [6.07, 6.45) is 6.01. The molecule has 0 bridgehead atoms. The number of nitrogen functional groups attached to an aromatic ring is 1. The highest BCUT2D eigenvalue weighted by atomic mass is 16.2. The van der Waals surface area contributed by atoms with Crippen LogP contribution in [0.15, 0.2) is 24.3 Å². The van der Waals surface area contributed by atoms with Gasteiger partial charge in [-0.15, -0.1) is 0 Å². The number of aromatic amines is 1. The Morgan fingerprint density at radius 2 is 2.10 bits per heavy atom. The van der Waals surface area contributed by atoms with Crippen LogP contribution >= 0.6 is 0 Å². The van der Waals surface area contributed by atoms with E-state index in [9.17, 15) is 4.79 Å². The molecule has 1 aromatic carbocycles. The number of nitrogens with two attached hydrogens (primary N) is 1. The van der Waals surface area contributed by atoms with E-state index in [0.717, 1.165) is 30.3 Å². The molecule has 1 aliphatic rings. The van der Waals surface area contributed by atoms with Crippen molar-refractivity contribution in [2.75, 3.05) is 12.3 Å². The van der Waals surface area contributed by atoms with E-state index >= 15 is 0 Å². The van der Waals surface area contributed by atoms with Gasteiger partial charge in [-0.1, -0.05) is 31.4 Å². The molecule has 3 rings (SSSR count). The van der Waals surface area contributed by atoms with Crippen LogP contribution in [0.4, 0.5) is 5.69 Å². The maximum atomic E-state index is 12.8. The van der Waals surface area contributed by atoms with Crippen LogP contribution in [0.2, 0.25) is 0 Å². The highest BCUT2D eigenvalue weighted by molar-refractivity contribution is 6.00. The lowest BCUT2D eigenvalue weighted by Gasteiger charge is -2.33.